The van der Waals surface area contributed by atoms with E-state index in [2.05, 4.69) is 36.2 Å². The number of benzene rings is 3. The number of nitrogens with zero attached hydrogens (tertiary/aromatic N) is 3. The topological polar surface area (TPSA) is 38.1 Å². The van der Waals surface area contributed by atoms with Gasteiger partial charge in [0.1, 0.15) is 6.33 Å². The Bertz CT molecular complexity index is 1080. The Balaban J connectivity index is 1.53. The first-order valence-corrected chi connectivity index (χ1v) is 8.95. The molecule has 0 bridgehead atoms. The highest BCUT2D eigenvalue weighted by Crippen LogP contribution is 2.19. The number of hydrogen-bond donors (Lipinski definition) is 0. The molecule has 0 saturated heterocycles. The van der Waals surface area contributed by atoms with E-state index in [9.17, 15) is 4.79 Å². The summed E-state index contributed by atoms with van der Waals surface area (Å²) >= 11 is 0. The van der Waals surface area contributed by atoms with Gasteiger partial charge in [0.25, 0.3) is 5.91 Å². The number of imidazole rings is 1. The number of hydrogen-bond acceptors (Lipinski definition) is 2. The Morgan fingerprint density at radius 2 is 1.67 bits per heavy atom. The molecular weight excluding hydrogens is 334 g/mol. The Labute approximate surface area is 158 Å². The molecule has 0 aliphatic rings. The van der Waals surface area contributed by atoms with Gasteiger partial charge < -0.3 is 4.90 Å². The van der Waals surface area contributed by atoms with Crippen LogP contribution in [0.3, 0.4) is 0 Å². The van der Waals surface area contributed by atoms with Gasteiger partial charge in [0, 0.05) is 24.8 Å². The van der Waals surface area contributed by atoms with E-state index in [1.807, 2.05) is 66.5 Å². The molecule has 0 atom stereocenters. The Hall–Kier alpha value is -3.40. The Morgan fingerprint density at radius 1 is 0.963 bits per heavy atom. The second-order valence-electron chi connectivity index (χ2n) is 6.80. The molecule has 4 heteroatoms. The number of rotatable bonds is 4. The maximum Gasteiger partial charge on any atom is 0.253 e. The first-order valence-electron chi connectivity index (χ1n) is 8.95. The summed E-state index contributed by atoms with van der Waals surface area (Å²) in [6.45, 7) is 2.65. The molecule has 3 aromatic carbocycles. The summed E-state index contributed by atoms with van der Waals surface area (Å²) in [6.07, 6.45) is 1.81. The monoisotopic (exact) mass is 355 g/mol. The third-order valence-corrected chi connectivity index (χ3v) is 4.73. The van der Waals surface area contributed by atoms with E-state index < -0.39 is 0 Å². The summed E-state index contributed by atoms with van der Waals surface area (Å²) in [6, 6.07) is 23.9. The van der Waals surface area contributed by atoms with Crippen molar-refractivity contribution in [3.8, 4) is 5.69 Å². The lowest BCUT2D eigenvalue weighted by Crippen LogP contribution is -2.26. The van der Waals surface area contributed by atoms with Crippen LogP contribution >= 0.6 is 0 Å². The normalized spacial score (nSPS) is 10.9. The lowest BCUT2D eigenvalue weighted by atomic mass is 10.1. The summed E-state index contributed by atoms with van der Waals surface area (Å²) in [5, 5.41) is 0. The van der Waals surface area contributed by atoms with Crippen molar-refractivity contribution in [1.82, 2.24) is 14.5 Å². The van der Waals surface area contributed by atoms with Crippen molar-refractivity contribution in [3.05, 3.63) is 95.8 Å². The molecule has 1 aromatic heterocycles. The van der Waals surface area contributed by atoms with Gasteiger partial charge in [-0.05, 0) is 48.9 Å². The molecule has 0 spiro atoms. The van der Waals surface area contributed by atoms with E-state index in [0.29, 0.717) is 12.1 Å². The number of fused-ring (bicyclic) bond motifs is 1. The zero-order valence-corrected chi connectivity index (χ0v) is 15.5. The van der Waals surface area contributed by atoms with Gasteiger partial charge in [0.05, 0.1) is 11.0 Å². The van der Waals surface area contributed by atoms with Crippen LogP contribution in [0.15, 0.2) is 79.1 Å². The van der Waals surface area contributed by atoms with Gasteiger partial charge in [0.2, 0.25) is 0 Å². The van der Waals surface area contributed by atoms with Gasteiger partial charge in [-0.3, -0.25) is 9.36 Å². The van der Waals surface area contributed by atoms with Gasteiger partial charge in [-0.15, -0.1) is 0 Å². The van der Waals surface area contributed by atoms with Crippen molar-refractivity contribution in [2.24, 2.45) is 0 Å². The third-order valence-electron chi connectivity index (χ3n) is 4.73. The fraction of sp³-hybridized carbons (Fsp3) is 0.130. The Kier molecular flexibility index (Phi) is 4.47. The molecule has 134 valence electrons. The molecule has 0 radical (unpaired) electrons. The molecule has 0 aliphatic heterocycles. The van der Waals surface area contributed by atoms with Crippen molar-refractivity contribution >= 4 is 16.9 Å². The van der Waals surface area contributed by atoms with Crippen LogP contribution in [0.25, 0.3) is 16.7 Å². The molecule has 1 heterocycles. The van der Waals surface area contributed by atoms with Crippen LogP contribution in [0.5, 0.6) is 0 Å². The molecular formula is C23H21N3O. The van der Waals surface area contributed by atoms with E-state index in [0.717, 1.165) is 22.3 Å². The highest BCUT2D eigenvalue weighted by atomic mass is 16.2. The quantitative estimate of drug-likeness (QED) is 0.536. The molecule has 0 fully saturated rings. The standard InChI is InChI=1S/C23H21N3O/c1-17-7-9-18(10-8-17)15-25(2)23(27)19-11-13-20(14-12-19)26-16-24-21-5-3-4-6-22(21)26/h3-14,16H,15H2,1-2H3. The highest BCUT2D eigenvalue weighted by molar-refractivity contribution is 5.94. The Morgan fingerprint density at radius 3 is 2.41 bits per heavy atom. The van der Waals surface area contributed by atoms with Gasteiger partial charge in [0.15, 0.2) is 0 Å². The molecule has 0 aliphatic carbocycles. The minimum absolute atomic E-state index is 0.0117. The van der Waals surface area contributed by atoms with Gasteiger partial charge in [-0.1, -0.05) is 42.0 Å². The molecule has 1 amide bonds. The molecule has 4 rings (SSSR count). The van der Waals surface area contributed by atoms with Gasteiger partial charge in [-0.25, -0.2) is 4.98 Å². The van der Waals surface area contributed by atoms with E-state index in [-0.39, 0.29) is 5.91 Å². The number of aryl methyl sites for hydroxylation is 1. The molecule has 27 heavy (non-hydrogen) atoms. The molecule has 4 nitrogen and oxygen atoms in total. The lowest BCUT2D eigenvalue weighted by Gasteiger charge is -2.18. The van der Waals surface area contributed by atoms with Crippen LogP contribution in [0.2, 0.25) is 0 Å². The number of para-hydroxylation sites is 2. The molecule has 0 N–H and O–H groups in total. The largest absolute Gasteiger partial charge is 0.337 e. The lowest BCUT2D eigenvalue weighted by molar-refractivity contribution is 0.0785. The number of amides is 1. The van der Waals surface area contributed by atoms with E-state index in [4.69, 9.17) is 0 Å². The average molecular weight is 355 g/mol. The fourth-order valence-corrected chi connectivity index (χ4v) is 3.19. The summed E-state index contributed by atoms with van der Waals surface area (Å²) in [7, 11) is 1.83. The second-order valence-corrected chi connectivity index (χ2v) is 6.80. The van der Waals surface area contributed by atoms with Crippen molar-refractivity contribution < 1.29 is 4.79 Å². The van der Waals surface area contributed by atoms with Crippen LogP contribution in [0.1, 0.15) is 21.5 Å². The van der Waals surface area contributed by atoms with Crippen molar-refractivity contribution in [3.63, 3.8) is 0 Å². The first-order chi connectivity index (χ1) is 13.1. The summed E-state index contributed by atoms with van der Waals surface area (Å²) in [5.74, 6) is 0.0117. The van der Waals surface area contributed by atoms with Gasteiger partial charge >= 0.3 is 0 Å². The minimum Gasteiger partial charge on any atom is -0.337 e. The van der Waals surface area contributed by atoms with Crippen LogP contribution in [0.4, 0.5) is 0 Å². The van der Waals surface area contributed by atoms with Crippen LogP contribution < -0.4 is 0 Å². The summed E-state index contributed by atoms with van der Waals surface area (Å²) < 4.78 is 2.03. The fourth-order valence-electron chi connectivity index (χ4n) is 3.19. The highest BCUT2D eigenvalue weighted by Gasteiger charge is 2.12. The van der Waals surface area contributed by atoms with Crippen LogP contribution in [-0.4, -0.2) is 27.4 Å². The van der Waals surface area contributed by atoms with Crippen molar-refractivity contribution in [1.29, 1.82) is 0 Å². The average Bonchev–Trinajstić information content (AvgIpc) is 3.13. The van der Waals surface area contributed by atoms with Crippen LogP contribution in [-0.2, 0) is 6.54 Å². The zero-order chi connectivity index (χ0) is 18.8. The first kappa shape index (κ1) is 17.0. The smallest absolute Gasteiger partial charge is 0.253 e. The predicted octanol–water partition coefficient (Wildman–Crippen LogP) is 4.61. The van der Waals surface area contributed by atoms with Crippen molar-refractivity contribution in [2.75, 3.05) is 7.05 Å². The minimum atomic E-state index is 0.0117. The number of aromatic nitrogens is 2. The van der Waals surface area contributed by atoms with E-state index in [1.54, 1.807) is 4.90 Å². The van der Waals surface area contributed by atoms with Crippen LogP contribution in [0, 0.1) is 6.92 Å². The zero-order valence-electron chi connectivity index (χ0n) is 15.5. The maximum absolute atomic E-state index is 12.7. The van der Waals surface area contributed by atoms with Gasteiger partial charge in [-0.2, -0.15) is 0 Å². The molecule has 4 aromatic rings. The second kappa shape index (κ2) is 7.08. The van der Waals surface area contributed by atoms with Crippen molar-refractivity contribution in [2.45, 2.75) is 13.5 Å². The summed E-state index contributed by atoms with van der Waals surface area (Å²) in [4.78, 5) is 18.9. The third kappa shape index (κ3) is 3.47. The number of carbonyl (C=O) groups is 1. The number of carbonyl (C=O) groups excluding carboxylic acids is 1. The maximum atomic E-state index is 12.7. The van der Waals surface area contributed by atoms with E-state index in [1.165, 1.54) is 5.56 Å². The molecule has 0 saturated carbocycles. The van der Waals surface area contributed by atoms with E-state index >= 15 is 0 Å². The molecule has 0 unspecified atom stereocenters. The SMILES string of the molecule is Cc1ccc(CN(C)C(=O)c2ccc(-n3cnc4ccccc43)cc2)cc1. The predicted molar refractivity (Wildman–Crippen MR) is 108 cm³/mol. The summed E-state index contributed by atoms with van der Waals surface area (Å²) in [5.41, 5.74) is 6.01.